The van der Waals surface area contributed by atoms with Gasteiger partial charge in [-0.1, -0.05) is 38.1 Å². The lowest BCUT2D eigenvalue weighted by atomic mass is 10.0. The van der Waals surface area contributed by atoms with Gasteiger partial charge in [0.2, 0.25) is 0 Å². The molecular formula is C26H33N5O3. The second-order valence-electron chi connectivity index (χ2n) is 9.11. The SMILES string of the molecule is COC(=O)[C@@H](Nc1nc(CN2CCN(Cc3ccc(O)cc3)CC2)nc2ccccc12)C(C)C. The summed E-state index contributed by atoms with van der Waals surface area (Å²) in [6, 6.07) is 14.8. The van der Waals surface area contributed by atoms with Gasteiger partial charge in [0.25, 0.3) is 0 Å². The highest BCUT2D eigenvalue weighted by molar-refractivity contribution is 5.91. The molecule has 0 saturated carbocycles. The summed E-state index contributed by atoms with van der Waals surface area (Å²) in [5, 5.41) is 13.7. The van der Waals surface area contributed by atoms with Crippen molar-refractivity contribution in [1.29, 1.82) is 0 Å². The molecule has 2 N–H and O–H groups in total. The van der Waals surface area contributed by atoms with E-state index in [-0.39, 0.29) is 11.9 Å². The minimum absolute atomic E-state index is 0.0475. The Morgan fingerprint density at radius 3 is 2.29 bits per heavy atom. The van der Waals surface area contributed by atoms with Crippen LogP contribution in [0.5, 0.6) is 5.75 Å². The number of nitrogens with zero attached hydrogens (tertiary/aromatic N) is 4. The quantitative estimate of drug-likeness (QED) is 0.492. The Morgan fingerprint density at radius 1 is 1.00 bits per heavy atom. The number of anilines is 1. The minimum Gasteiger partial charge on any atom is -0.508 e. The van der Waals surface area contributed by atoms with E-state index in [1.165, 1.54) is 12.7 Å². The zero-order valence-corrected chi connectivity index (χ0v) is 20.1. The Morgan fingerprint density at radius 2 is 1.65 bits per heavy atom. The molecular weight excluding hydrogens is 430 g/mol. The van der Waals surface area contributed by atoms with E-state index in [4.69, 9.17) is 14.7 Å². The fourth-order valence-corrected chi connectivity index (χ4v) is 4.24. The van der Waals surface area contributed by atoms with Crippen LogP contribution >= 0.6 is 0 Å². The number of phenolic OH excluding ortho intramolecular Hbond substituents is 1. The van der Waals surface area contributed by atoms with Gasteiger partial charge >= 0.3 is 5.97 Å². The second-order valence-corrected chi connectivity index (χ2v) is 9.11. The number of phenols is 1. The van der Waals surface area contributed by atoms with Crippen molar-refractivity contribution in [3.8, 4) is 5.75 Å². The summed E-state index contributed by atoms with van der Waals surface area (Å²) in [5.74, 6) is 1.44. The molecule has 1 aliphatic heterocycles. The van der Waals surface area contributed by atoms with Gasteiger partial charge in [0, 0.05) is 38.1 Å². The van der Waals surface area contributed by atoms with Crippen molar-refractivity contribution in [2.45, 2.75) is 33.0 Å². The first kappa shape index (κ1) is 23.9. The fourth-order valence-electron chi connectivity index (χ4n) is 4.24. The molecule has 0 bridgehead atoms. The van der Waals surface area contributed by atoms with E-state index in [0.29, 0.717) is 18.1 Å². The highest BCUT2D eigenvalue weighted by Gasteiger charge is 2.25. The molecule has 2 aromatic carbocycles. The van der Waals surface area contributed by atoms with Crippen LogP contribution in [0.3, 0.4) is 0 Å². The van der Waals surface area contributed by atoms with Crippen LogP contribution in [0.15, 0.2) is 48.5 Å². The van der Waals surface area contributed by atoms with E-state index in [0.717, 1.165) is 49.5 Å². The van der Waals surface area contributed by atoms with Crippen LogP contribution in [0, 0.1) is 5.92 Å². The summed E-state index contributed by atoms with van der Waals surface area (Å²) >= 11 is 0. The molecule has 0 amide bonds. The van der Waals surface area contributed by atoms with Gasteiger partial charge in [-0.2, -0.15) is 0 Å². The van der Waals surface area contributed by atoms with Gasteiger partial charge in [0.15, 0.2) is 0 Å². The third-order valence-electron chi connectivity index (χ3n) is 6.24. The van der Waals surface area contributed by atoms with E-state index in [1.54, 1.807) is 12.1 Å². The molecule has 1 saturated heterocycles. The van der Waals surface area contributed by atoms with Crippen molar-refractivity contribution in [2.75, 3.05) is 38.6 Å². The molecule has 1 aliphatic rings. The monoisotopic (exact) mass is 463 g/mol. The van der Waals surface area contributed by atoms with Crippen LogP contribution in [0.2, 0.25) is 0 Å². The second kappa shape index (κ2) is 10.8. The van der Waals surface area contributed by atoms with Crippen LogP contribution in [-0.2, 0) is 22.6 Å². The van der Waals surface area contributed by atoms with Crippen LogP contribution in [0.25, 0.3) is 10.9 Å². The average Bonchev–Trinajstić information content (AvgIpc) is 2.84. The van der Waals surface area contributed by atoms with Gasteiger partial charge in [-0.25, -0.2) is 14.8 Å². The fraction of sp³-hybridized carbons (Fsp3) is 0.423. The third-order valence-corrected chi connectivity index (χ3v) is 6.24. The molecule has 3 aromatic rings. The molecule has 0 spiro atoms. The molecule has 0 aliphatic carbocycles. The maximum Gasteiger partial charge on any atom is 0.328 e. The molecule has 1 atom stereocenters. The van der Waals surface area contributed by atoms with Crippen molar-refractivity contribution in [3.05, 3.63) is 59.9 Å². The maximum absolute atomic E-state index is 12.3. The molecule has 0 unspecified atom stereocenters. The highest BCUT2D eigenvalue weighted by Crippen LogP contribution is 2.23. The number of carbonyl (C=O) groups is 1. The average molecular weight is 464 g/mol. The van der Waals surface area contributed by atoms with Crippen molar-refractivity contribution >= 4 is 22.7 Å². The zero-order valence-electron chi connectivity index (χ0n) is 20.1. The first-order chi connectivity index (χ1) is 16.4. The third kappa shape index (κ3) is 5.81. The van der Waals surface area contributed by atoms with E-state index >= 15 is 0 Å². The molecule has 34 heavy (non-hydrogen) atoms. The van der Waals surface area contributed by atoms with Gasteiger partial charge in [0.1, 0.15) is 23.4 Å². The van der Waals surface area contributed by atoms with Gasteiger partial charge in [-0.15, -0.1) is 0 Å². The van der Waals surface area contributed by atoms with Crippen LogP contribution < -0.4 is 5.32 Å². The Hall–Kier alpha value is -3.23. The Balaban J connectivity index is 1.45. The molecule has 8 heteroatoms. The van der Waals surface area contributed by atoms with Gasteiger partial charge < -0.3 is 15.2 Å². The maximum atomic E-state index is 12.3. The van der Waals surface area contributed by atoms with Crippen LogP contribution in [0.1, 0.15) is 25.2 Å². The number of piperazine rings is 1. The Labute approximate surface area is 200 Å². The van der Waals surface area contributed by atoms with E-state index < -0.39 is 6.04 Å². The van der Waals surface area contributed by atoms with Gasteiger partial charge in [-0.05, 0) is 35.7 Å². The van der Waals surface area contributed by atoms with Crippen molar-refractivity contribution in [1.82, 2.24) is 19.8 Å². The molecule has 2 heterocycles. The summed E-state index contributed by atoms with van der Waals surface area (Å²) in [7, 11) is 1.41. The number of hydrogen-bond acceptors (Lipinski definition) is 8. The number of benzene rings is 2. The highest BCUT2D eigenvalue weighted by atomic mass is 16.5. The molecule has 1 aromatic heterocycles. The van der Waals surface area contributed by atoms with Crippen LogP contribution in [0.4, 0.5) is 5.82 Å². The lowest BCUT2D eigenvalue weighted by molar-refractivity contribution is -0.142. The summed E-state index contributed by atoms with van der Waals surface area (Å²) in [5.41, 5.74) is 2.05. The topological polar surface area (TPSA) is 90.8 Å². The standard InChI is InChI=1S/C26H33N5O3/c1-18(2)24(26(33)34-3)29-25-21-6-4-5-7-22(21)27-23(28-25)17-31-14-12-30(13-15-31)16-19-8-10-20(32)11-9-19/h4-11,18,24,32H,12-17H2,1-3H3,(H,27,28,29)/t24-/m0/s1. The molecule has 0 radical (unpaired) electrons. The summed E-state index contributed by atoms with van der Waals surface area (Å²) in [4.78, 5) is 26.7. The zero-order chi connectivity index (χ0) is 24.1. The lowest BCUT2D eigenvalue weighted by Crippen LogP contribution is -2.45. The van der Waals surface area contributed by atoms with Crippen molar-refractivity contribution in [3.63, 3.8) is 0 Å². The Kier molecular flexibility index (Phi) is 7.59. The van der Waals surface area contributed by atoms with Gasteiger partial charge in [0.05, 0.1) is 19.2 Å². The molecule has 8 nitrogen and oxygen atoms in total. The molecule has 1 fully saturated rings. The number of rotatable bonds is 8. The number of hydrogen-bond donors (Lipinski definition) is 2. The summed E-state index contributed by atoms with van der Waals surface area (Å²) in [6.45, 7) is 9.25. The van der Waals surface area contributed by atoms with Gasteiger partial charge in [-0.3, -0.25) is 9.80 Å². The molecule has 4 rings (SSSR count). The normalized spacial score (nSPS) is 16.0. The number of methoxy groups -OCH3 is 1. The van der Waals surface area contributed by atoms with E-state index in [1.807, 2.05) is 50.2 Å². The number of aromatic nitrogens is 2. The largest absolute Gasteiger partial charge is 0.508 e. The number of ether oxygens (including phenoxy) is 1. The lowest BCUT2D eigenvalue weighted by Gasteiger charge is -2.34. The summed E-state index contributed by atoms with van der Waals surface area (Å²) < 4.78 is 5.00. The Bertz CT molecular complexity index is 1110. The number of nitrogens with one attached hydrogen (secondary N) is 1. The molecule has 180 valence electrons. The summed E-state index contributed by atoms with van der Waals surface area (Å²) in [6.07, 6.45) is 0. The van der Waals surface area contributed by atoms with Crippen LogP contribution in [-0.4, -0.2) is 70.2 Å². The number of para-hydroxylation sites is 1. The van der Waals surface area contributed by atoms with E-state index in [9.17, 15) is 9.90 Å². The minimum atomic E-state index is -0.486. The number of carbonyl (C=O) groups excluding carboxylic acids is 1. The number of esters is 1. The predicted octanol–water partition coefficient (Wildman–Crippen LogP) is 3.26. The smallest absolute Gasteiger partial charge is 0.328 e. The predicted molar refractivity (Wildman–Crippen MR) is 132 cm³/mol. The van der Waals surface area contributed by atoms with Crippen molar-refractivity contribution in [2.24, 2.45) is 5.92 Å². The first-order valence-electron chi connectivity index (χ1n) is 11.8. The number of aromatic hydroxyl groups is 1. The van der Waals surface area contributed by atoms with Crippen molar-refractivity contribution < 1.29 is 14.6 Å². The first-order valence-corrected chi connectivity index (χ1v) is 11.8. The van der Waals surface area contributed by atoms with E-state index in [2.05, 4.69) is 15.1 Å². The number of fused-ring (bicyclic) bond motifs is 1.